The second-order valence-corrected chi connectivity index (χ2v) is 4.69. The topological polar surface area (TPSA) is 20.3 Å². The summed E-state index contributed by atoms with van der Waals surface area (Å²) < 4.78 is 0. The van der Waals surface area contributed by atoms with Crippen molar-refractivity contribution in [1.29, 1.82) is 0 Å². The van der Waals surface area contributed by atoms with Gasteiger partial charge in [0.15, 0.2) is 6.71 Å². The molecule has 0 bridgehead atoms. The highest BCUT2D eigenvalue weighted by molar-refractivity contribution is 6.65. The van der Waals surface area contributed by atoms with Crippen molar-refractivity contribution in [3.63, 3.8) is 0 Å². The molecule has 1 unspecified atom stereocenters. The summed E-state index contributed by atoms with van der Waals surface area (Å²) in [5, 5.41) is 0. The Labute approximate surface area is 93.8 Å². The highest BCUT2D eigenvalue weighted by Gasteiger charge is 2.24. The summed E-state index contributed by atoms with van der Waals surface area (Å²) in [6.07, 6.45) is 5.81. The lowest BCUT2D eigenvalue weighted by molar-refractivity contribution is -0.130. The molecule has 2 nitrogen and oxygen atoms in total. The van der Waals surface area contributed by atoms with E-state index in [-0.39, 0.29) is 5.91 Å². The van der Waals surface area contributed by atoms with Gasteiger partial charge in [-0.2, -0.15) is 0 Å². The number of carbonyl (C=O) groups is 1. The van der Waals surface area contributed by atoms with Gasteiger partial charge in [-0.3, -0.25) is 4.79 Å². The molecule has 15 heavy (non-hydrogen) atoms. The van der Waals surface area contributed by atoms with E-state index < -0.39 is 0 Å². The van der Waals surface area contributed by atoms with Crippen LogP contribution in [-0.2, 0) is 4.79 Å². The lowest BCUT2D eigenvalue weighted by Gasteiger charge is -2.33. The minimum atomic E-state index is 0.195. The van der Waals surface area contributed by atoms with E-state index in [2.05, 4.69) is 26.7 Å². The van der Waals surface area contributed by atoms with Crippen molar-refractivity contribution < 1.29 is 4.79 Å². The van der Waals surface area contributed by atoms with E-state index >= 15 is 0 Å². The molecular weight excluding hydrogens is 185 g/mol. The summed E-state index contributed by atoms with van der Waals surface area (Å²) >= 11 is 0. The first-order valence-electron chi connectivity index (χ1n) is 6.02. The molecule has 0 saturated carbocycles. The van der Waals surface area contributed by atoms with Crippen LogP contribution in [0.2, 0.25) is 13.1 Å². The molecule has 0 aromatic carbocycles. The van der Waals surface area contributed by atoms with Gasteiger partial charge in [-0.25, -0.2) is 0 Å². The third kappa shape index (κ3) is 3.12. The minimum absolute atomic E-state index is 0.195. The summed E-state index contributed by atoms with van der Waals surface area (Å²) in [5.41, 5.74) is 1.54. The fraction of sp³-hybridized carbons (Fsp3) is 0.750. The van der Waals surface area contributed by atoms with Gasteiger partial charge in [0.1, 0.15) is 0 Å². The summed E-state index contributed by atoms with van der Waals surface area (Å²) in [7, 11) is 0. The molecule has 0 aromatic rings. The normalized spacial score (nSPS) is 21.2. The predicted molar refractivity (Wildman–Crippen MR) is 66.3 cm³/mol. The Hall–Kier alpha value is -0.725. The largest absolute Gasteiger partial charge is 0.336 e. The monoisotopic (exact) mass is 207 g/mol. The third-order valence-corrected chi connectivity index (χ3v) is 3.37. The van der Waals surface area contributed by atoms with Crippen LogP contribution in [0.1, 0.15) is 33.6 Å². The third-order valence-electron chi connectivity index (χ3n) is 3.37. The van der Waals surface area contributed by atoms with E-state index in [9.17, 15) is 4.79 Å². The minimum Gasteiger partial charge on any atom is -0.336 e. The van der Waals surface area contributed by atoms with Crippen molar-refractivity contribution in [1.82, 2.24) is 4.90 Å². The van der Waals surface area contributed by atoms with Crippen LogP contribution in [0.3, 0.4) is 0 Å². The molecule has 0 aliphatic carbocycles. The van der Waals surface area contributed by atoms with Crippen LogP contribution in [0, 0.1) is 0 Å². The average Bonchev–Trinajstić information content (AvgIpc) is 2.17. The van der Waals surface area contributed by atoms with Crippen LogP contribution in [0.5, 0.6) is 0 Å². The Kier molecular flexibility index (Phi) is 4.43. The number of amides is 1. The molecular formula is C12H22BNO. The van der Waals surface area contributed by atoms with Gasteiger partial charge < -0.3 is 4.90 Å². The van der Waals surface area contributed by atoms with Crippen LogP contribution in [0.15, 0.2) is 11.5 Å². The fourth-order valence-corrected chi connectivity index (χ4v) is 2.39. The highest BCUT2D eigenvalue weighted by atomic mass is 16.2. The first-order valence-corrected chi connectivity index (χ1v) is 6.02. The van der Waals surface area contributed by atoms with Crippen molar-refractivity contribution in [2.45, 2.75) is 52.8 Å². The summed E-state index contributed by atoms with van der Waals surface area (Å²) in [6, 6.07) is 0.377. The zero-order valence-corrected chi connectivity index (χ0v) is 10.4. The molecule has 1 aliphatic rings. The second kappa shape index (κ2) is 5.38. The summed E-state index contributed by atoms with van der Waals surface area (Å²) in [5.74, 6) is 0.195. The highest BCUT2D eigenvalue weighted by Crippen LogP contribution is 2.21. The quantitative estimate of drug-likeness (QED) is 0.651. The van der Waals surface area contributed by atoms with E-state index in [1.54, 1.807) is 12.4 Å². The van der Waals surface area contributed by atoms with Crippen LogP contribution < -0.4 is 0 Å². The smallest absolute Gasteiger partial charge is 0.219 e. The molecule has 84 valence electrons. The summed E-state index contributed by atoms with van der Waals surface area (Å²) in [6.45, 7) is 9.82. The van der Waals surface area contributed by atoms with E-state index in [1.807, 2.05) is 4.90 Å². The van der Waals surface area contributed by atoms with Crippen molar-refractivity contribution in [3.05, 3.63) is 11.5 Å². The lowest BCUT2D eigenvalue weighted by Crippen LogP contribution is -2.41. The first-order chi connectivity index (χ1) is 7.06. The number of hydrogen-bond donors (Lipinski definition) is 0. The molecule has 1 aliphatic heterocycles. The van der Waals surface area contributed by atoms with Crippen molar-refractivity contribution >= 4 is 12.6 Å². The van der Waals surface area contributed by atoms with Gasteiger partial charge in [0.25, 0.3) is 0 Å². The Bertz CT molecular complexity index is 262. The van der Waals surface area contributed by atoms with Gasteiger partial charge in [-0.15, -0.1) is 5.47 Å². The standard InChI is InChI=1S/C12H22BNO/c1-5-7-13(4)12-6-8-14(11(3)15)10(2)9-12/h6,10H,5,7-9H2,1-4H3. The molecule has 0 spiro atoms. The van der Waals surface area contributed by atoms with Crippen molar-refractivity contribution in [2.75, 3.05) is 6.54 Å². The Morgan fingerprint density at radius 2 is 2.33 bits per heavy atom. The van der Waals surface area contributed by atoms with Crippen molar-refractivity contribution in [2.24, 2.45) is 0 Å². The molecule has 0 N–H and O–H groups in total. The van der Waals surface area contributed by atoms with Crippen LogP contribution >= 0.6 is 0 Å². The number of rotatable bonds is 3. The molecule has 1 atom stereocenters. The molecule has 1 heterocycles. The lowest BCUT2D eigenvalue weighted by atomic mass is 9.42. The van der Waals surface area contributed by atoms with Gasteiger partial charge >= 0.3 is 0 Å². The molecule has 0 fully saturated rings. The van der Waals surface area contributed by atoms with Gasteiger partial charge in [0.2, 0.25) is 5.91 Å². The Morgan fingerprint density at radius 3 is 2.80 bits per heavy atom. The molecule has 3 heteroatoms. The molecule has 1 rings (SSSR count). The van der Waals surface area contributed by atoms with E-state index in [0.717, 1.165) is 13.0 Å². The maximum Gasteiger partial charge on any atom is 0.219 e. The van der Waals surface area contributed by atoms with Crippen LogP contribution in [-0.4, -0.2) is 30.1 Å². The predicted octanol–water partition coefficient (Wildman–Crippen LogP) is 2.63. The fourth-order valence-electron chi connectivity index (χ4n) is 2.39. The number of carbonyl (C=O) groups excluding carboxylic acids is 1. The molecule has 0 saturated heterocycles. The number of hydrogen-bond acceptors (Lipinski definition) is 1. The Morgan fingerprint density at radius 1 is 1.67 bits per heavy atom. The van der Waals surface area contributed by atoms with Gasteiger partial charge in [-0.05, 0) is 13.3 Å². The Balaban J connectivity index is 2.62. The summed E-state index contributed by atoms with van der Waals surface area (Å²) in [4.78, 5) is 13.3. The maximum atomic E-state index is 11.3. The molecule has 0 radical (unpaired) electrons. The van der Waals surface area contributed by atoms with E-state index in [1.165, 1.54) is 12.7 Å². The van der Waals surface area contributed by atoms with E-state index in [4.69, 9.17) is 0 Å². The maximum absolute atomic E-state index is 11.3. The van der Waals surface area contributed by atoms with Gasteiger partial charge in [0.05, 0.1) is 0 Å². The zero-order chi connectivity index (χ0) is 11.4. The SMILES string of the molecule is CCCB(C)C1=CCN(C(C)=O)C(C)C1. The van der Waals surface area contributed by atoms with Crippen LogP contribution in [0.25, 0.3) is 0 Å². The number of nitrogens with zero attached hydrogens (tertiary/aromatic N) is 1. The molecule has 1 amide bonds. The van der Waals surface area contributed by atoms with Gasteiger partial charge in [0, 0.05) is 19.5 Å². The van der Waals surface area contributed by atoms with E-state index in [0.29, 0.717) is 12.8 Å². The zero-order valence-electron chi connectivity index (χ0n) is 10.4. The van der Waals surface area contributed by atoms with Crippen molar-refractivity contribution in [3.8, 4) is 0 Å². The second-order valence-electron chi connectivity index (χ2n) is 4.69. The average molecular weight is 207 g/mol. The van der Waals surface area contributed by atoms with Crippen LogP contribution in [0.4, 0.5) is 0 Å². The molecule has 0 aromatic heterocycles. The van der Waals surface area contributed by atoms with Gasteiger partial charge in [-0.1, -0.05) is 32.6 Å². The first kappa shape index (κ1) is 12.3.